The summed E-state index contributed by atoms with van der Waals surface area (Å²) >= 11 is 0. The number of nitrogens with zero attached hydrogens (tertiary/aromatic N) is 1. The van der Waals surface area contributed by atoms with Crippen LogP contribution in [0.25, 0.3) is 0 Å². The highest BCUT2D eigenvalue weighted by atomic mass is 16.2. The van der Waals surface area contributed by atoms with Crippen molar-refractivity contribution in [2.24, 2.45) is 11.7 Å². The monoisotopic (exact) mass is 244 g/mol. The summed E-state index contributed by atoms with van der Waals surface area (Å²) in [5.41, 5.74) is 8.36. The molecule has 3 atom stereocenters. The van der Waals surface area contributed by atoms with Crippen molar-refractivity contribution in [3.63, 3.8) is 0 Å². The molecule has 2 N–H and O–H groups in total. The van der Waals surface area contributed by atoms with Crippen LogP contribution in [0.4, 0.5) is 0 Å². The Labute approximate surface area is 108 Å². The van der Waals surface area contributed by atoms with Gasteiger partial charge in [0.1, 0.15) is 0 Å². The first-order valence-corrected chi connectivity index (χ1v) is 6.80. The zero-order valence-corrected chi connectivity index (χ0v) is 10.8. The summed E-state index contributed by atoms with van der Waals surface area (Å²) in [6.07, 6.45) is 1.99. The summed E-state index contributed by atoms with van der Waals surface area (Å²) in [6, 6.07) is 8.50. The van der Waals surface area contributed by atoms with Gasteiger partial charge in [0, 0.05) is 19.1 Å². The van der Waals surface area contributed by atoms with Gasteiger partial charge in [0.25, 0.3) is 0 Å². The molecule has 2 aliphatic rings. The average Bonchev–Trinajstić information content (AvgIpc) is 2.71. The molecule has 0 saturated carbocycles. The summed E-state index contributed by atoms with van der Waals surface area (Å²) in [5, 5.41) is 0. The maximum absolute atomic E-state index is 12.6. The second-order valence-electron chi connectivity index (χ2n) is 5.56. The SMILES string of the molecule is CC1CCN(C(=O)C2Cc3ccccc32)C1CN. The van der Waals surface area contributed by atoms with Gasteiger partial charge in [-0.3, -0.25) is 4.79 Å². The van der Waals surface area contributed by atoms with E-state index < -0.39 is 0 Å². The molecular formula is C15H20N2O. The van der Waals surface area contributed by atoms with Gasteiger partial charge in [0.05, 0.1) is 5.92 Å². The summed E-state index contributed by atoms with van der Waals surface area (Å²) in [7, 11) is 0. The zero-order valence-electron chi connectivity index (χ0n) is 10.8. The molecule has 1 aromatic rings. The molecule has 1 heterocycles. The lowest BCUT2D eigenvalue weighted by Gasteiger charge is -2.35. The van der Waals surface area contributed by atoms with Crippen LogP contribution in [0.2, 0.25) is 0 Å². The Balaban J connectivity index is 1.77. The third-order valence-electron chi connectivity index (χ3n) is 4.56. The van der Waals surface area contributed by atoms with Gasteiger partial charge in [0.15, 0.2) is 0 Å². The third-order valence-corrected chi connectivity index (χ3v) is 4.56. The normalized spacial score (nSPS) is 29.9. The number of amides is 1. The van der Waals surface area contributed by atoms with Crippen LogP contribution in [0.15, 0.2) is 24.3 Å². The summed E-state index contributed by atoms with van der Waals surface area (Å²) in [4.78, 5) is 14.6. The predicted molar refractivity (Wildman–Crippen MR) is 71.2 cm³/mol. The van der Waals surface area contributed by atoms with Gasteiger partial charge in [-0.15, -0.1) is 0 Å². The Hall–Kier alpha value is -1.35. The first-order valence-electron chi connectivity index (χ1n) is 6.80. The molecule has 1 fully saturated rings. The topological polar surface area (TPSA) is 46.3 Å². The quantitative estimate of drug-likeness (QED) is 0.857. The van der Waals surface area contributed by atoms with Crippen molar-refractivity contribution >= 4 is 5.91 Å². The van der Waals surface area contributed by atoms with Crippen LogP contribution in [0.3, 0.4) is 0 Å². The molecule has 1 saturated heterocycles. The molecule has 1 amide bonds. The molecule has 3 unspecified atom stereocenters. The largest absolute Gasteiger partial charge is 0.338 e. The van der Waals surface area contributed by atoms with E-state index in [1.54, 1.807) is 0 Å². The van der Waals surface area contributed by atoms with E-state index in [0.717, 1.165) is 19.4 Å². The Bertz CT molecular complexity index is 471. The number of nitrogens with two attached hydrogens (primary N) is 1. The van der Waals surface area contributed by atoms with Gasteiger partial charge >= 0.3 is 0 Å². The Morgan fingerprint density at radius 1 is 1.44 bits per heavy atom. The number of benzene rings is 1. The second kappa shape index (κ2) is 4.39. The number of carbonyl (C=O) groups is 1. The van der Waals surface area contributed by atoms with Crippen LogP contribution < -0.4 is 5.73 Å². The summed E-state index contributed by atoms with van der Waals surface area (Å²) in [5.74, 6) is 0.906. The van der Waals surface area contributed by atoms with E-state index in [9.17, 15) is 4.79 Å². The molecular weight excluding hydrogens is 224 g/mol. The van der Waals surface area contributed by atoms with Crippen LogP contribution in [-0.4, -0.2) is 29.9 Å². The third kappa shape index (κ3) is 1.65. The number of hydrogen-bond donors (Lipinski definition) is 1. The lowest BCUT2D eigenvalue weighted by molar-refractivity contribution is -0.134. The first kappa shape index (κ1) is 11.7. The maximum atomic E-state index is 12.6. The van der Waals surface area contributed by atoms with Crippen molar-refractivity contribution in [1.29, 1.82) is 0 Å². The molecule has 3 nitrogen and oxygen atoms in total. The van der Waals surface area contributed by atoms with Crippen molar-refractivity contribution in [2.45, 2.75) is 31.7 Å². The molecule has 3 rings (SSSR count). The zero-order chi connectivity index (χ0) is 12.7. The number of carbonyl (C=O) groups excluding carboxylic acids is 1. The molecule has 0 aromatic heterocycles. The van der Waals surface area contributed by atoms with Gasteiger partial charge in [-0.25, -0.2) is 0 Å². The van der Waals surface area contributed by atoms with Crippen LogP contribution >= 0.6 is 0 Å². The van der Waals surface area contributed by atoms with E-state index in [2.05, 4.69) is 19.1 Å². The minimum atomic E-state index is 0.0838. The summed E-state index contributed by atoms with van der Waals surface area (Å²) < 4.78 is 0. The van der Waals surface area contributed by atoms with Crippen LogP contribution in [0.5, 0.6) is 0 Å². The standard InChI is InChI=1S/C15H20N2O/c1-10-6-7-17(14(10)9-16)15(18)13-8-11-4-2-3-5-12(11)13/h2-5,10,13-14H,6-9,16H2,1H3. The highest BCUT2D eigenvalue weighted by Crippen LogP contribution is 2.38. The Kier molecular flexibility index (Phi) is 2.86. The molecule has 96 valence electrons. The fourth-order valence-electron chi connectivity index (χ4n) is 3.32. The van der Waals surface area contributed by atoms with Crippen molar-refractivity contribution in [1.82, 2.24) is 4.90 Å². The van der Waals surface area contributed by atoms with Crippen molar-refractivity contribution in [3.8, 4) is 0 Å². The Morgan fingerprint density at radius 3 is 2.94 bits per heavy atom. The van der Waals surface area contributed by atoms with E-state index in [4.69, 9.17) is 5.73 Å². The van der Waals surface area contributed by atoms with Gasteiger partial charge in [-0.2, -0.15) is 0 Å². The molecule has 18 heavy (non-hydrogen) atoms. The van der Waals surface area contributed by atoms with Crippen LogP contribution in [-0.2, 0) is 11.2 Å². The van der Waals surface area contributed by atoms with Gasteiger partial charge in [-0.1, -0.05) is 31.2 Å². The molecule has 0 spiro atoms. The number of hydrogen-bond acceptors (Lipinski definition) is 2. The van der Waals surface area contributed by atoms with E-state index in [1.165, 1.54) is 11.1 Å². The number of fused-ring (bicyclic) bond motifs is 1. The smallest absolute Gasteiger partial charge is 0.230 e. The van der Waals surface area contributed by atoms with E-state index in [1.807, 2.05) is 17.0 Å². The van der Waals surface area contributed by atoms with Gasteiger partial charge in [0.2, 0.25) is 5.91 Å². The molecule has 1 aliphatic carbocycles. The first-order chi connectivity index (χ1) is 8.72. The van der Waals surface area contributed by atoms with Crippen molar-refractivity contribution in [2.75, 3.05) is 13.1 Å². The van der Waals surface area contributed by atoms with Crippen LogP contribution in [0, 0.1) is 5.92 Å². The Morgan fingerprint density at radius 2 is 2.22 bits per heavy atom. The fourth-order valence-corrected chi connectivity index (χ4v) is 3.32. The second-order valence-corrected chi connectivity index (χ2v) is 5.56. The van der Waals surface area contributed by atoms with Crippen LogP contribution in [0.1, 0.15) is 30.4 Å². The van der Waals surface area contributed by atoms with Gasteiger partial charge < -0.3 is 10.6 Å². The number of rotatable bonds is 2. The van der Waals surface area contributed by atoms with E-state index in [0.29, 0.717) is 12.5 Å². The lowest BCUT2D eigenvalue weighted by atomic mass is 9.76. The maximum Gasteiger partial charge on any atom is 0.230 e. The molecule has 0 radical (unpaired) electrons. The van der Waals surface area contributed by atoms with Crippen molar-refractivity contribution in [3.05, 3.63) is 35.4 Å². The van der Waals surface area contributed by atoms with E-state index in [-0.39, 0.29) is 17.9 Å². The fraction of sp³-hybridized carbons (Fsp3) is 0.533. The van der Waals surface area contributed by atoms with E-state index >= 15 is 0 Å². The molecule has 3 heteroatoms. The summed E-state index contributed by atoms with van der Waals surface area (Å²) in [6.45, 7) is 3.65. The molecule has 0 bridgehead atoms. The molecule has 1 aromatic carbocycles. The van der Waals surface area contributed by atoms with Crippen molar-refractivity contribution < 1.29 is 4.79 Å². The predicted octanol–water partition coefficient (Wildman–Crippen LogP) is 1.52. The number of likely N-dealkylation sites (tertiary alicyclic amines) is 1. The highest BCUT2D eigenvalue weighted by molar-refractivity contribution is 5.87. The lowest BCUT2D eigenvalue weighted by Crippen LogP contribution is -2.46. The highest BCUT2D eigenvalue weighted by Gasteiger charge is 2.40. The average molecular weight is 244 g/mol. The minimum Gasteiger partial charge on any atom is -0.338 e. The van der Waals surface area contributed by atoms with Gasteiger partial charge in [-0.05, 0) is 29.9 Å². The molecule has 1 aliphatic heterocycles. The minimum absolute atomic E-state index is 0.0838.